The number of ether oxygens (including phenoxy) is 1. The summed E-state index contributed by atoms with van der Waals surface area (Å²) in [6.07, 6.45) is -0.771. The quantitative estimate of drug-likeness (QED) is 0.878. The van der Waals surface area contributed by atoms with Gasteiger partial charge in [-0.2, -0.15) is 0 Å². The van der Waals surface area contributed by atoms with Crippen molar-refractivity contribution in [3.63, 3.8) is 0 Å². The molecule has 2 amide bonds. The van der Waals surface area contributed by atoms with Crippen molar-refractivity contribution < 1.29 is 24.2 Å². The van der Waals surface area contributed by atoms with E-state index in [4.69, 9.17) is 9.84 Å². The van der Waals surface area contributed by atoms with Crippen LogP contribution in [0.1, 0.15) is 12.0 Å². The fourth-order valence-electron chi connectivity index (χ4n) is 2.61. The largest absolute Gasteiger partial charge is 0.478 e. The summed E-state index contributed by atoms with van der Waals surface area (Å²) >= 11 is 0. The maximum absolute atomic E-state index is 11.7. The summed E-state index contributed by atoms with van der Waals surface area (Å²) < 4.78 is 4.79. The third kappa shape index (κ3) is 2.20. The monoisotopic (exact) mass is 290 g/mol. The minimum Gasteiger partial charge on any atom is -0.478 e. The van der Waals surface area contributed by atoms with E-state index < -0.39 is 18.2 Å². The lowest BCUT2D eigenvalue weighted by atomic mass is 10.0. The first-order chi connectivity index (χ1) is 9.97. The lowest BCUT2D eigenvalue weighted by Crippen LogP contribution is -2.32. The van der Waals surface area contributed by atoms with Gasteiger partial charge in [-0.25, -0.2) is 9.59 Å². The molecule has 0 spiro atoms. The van der Waals surface area contributed by atoms with Crippen LogP contribution in [0.25, 0.3) is 0 Å². The van der Waals surface area contributed by atoms with Crippen molar-refractivity contribution >= 4 is 29.3 Å². The highest BCUT2D eigenvalue weighted by Crippen LogP contribution is 2.32. The summed E-state index contributed by atoms with van der Waals surface area (Å²) in [5.74, 6) is -1.10. The van der Waals surface area contributed by atoms with E-state index in [9.17, 15) is 14.4 Å². The molecule has 0 radical (unpaired) electrons. The summed E-state index contributed by atoms with van der Waals surface area (Å²) in [7, 11) is 1.71. The van der Waals surface area contributed by atoms with Gasteiger partial charge in [0.15, 0.2) is 0 Å². The zero-order valence-corrected chi connectivity index (χ0v) is 11.4. The Morgan fingerprint density at radius 3 is 2.76 bits per heavy atom. The number of carbonyl (C=O) groups is 3. The molecule has 3 rings (SSSR count). The predicted molar refractivity (Wildman–Crippen MR) is 73.4 cm³/mol. The molecule has 7 nitrogen and oxygen atoms in total. The van der Waals surface area contributed by atoms with E-state index in [0.717, 1.165) is 11.3 Å². The second-order valence-corrected chi connectivity index (χ2v) is 5.09. The van der Waals surface area contributed by atoms with Crippen LogP contribution in [0.2, 0.25) is 0 Å². The summed E-state index contributed by atoms with van der Waals surface area (Å²) in [4.78, 5) is 37.2. The van der Waals surface area contributed by atoms with Gasteiger partial charge in [0.05, 0.1) is 6.54 Å². The average molecular weight is 290 g/mol. The van der Waals surface area contributed by atoms with Gasteiger partial charge in [0, 0.05) is 24.8 Å². The molecule has 0 aliphatic carbocycles. The second kappa shape index (κ2) is 4.76. The number of anilines is 2. The Hall–Kier alpha value is -2.57. The average Bonchev–Trinajstić information content (AvgIpc) is 2.85. The van der Waals surface area contributed by atoms with Crippen LogP contribution in [0.5, 0.6) is 0 Å². The molecule has 21 heavy (non-hydrogen) atoms. The van der Waals surface area contributed by atoms with Crippen LogP contribution in [-0.2, 0) is 20.7 Å². The molecule has 2 heterocycles. The number of hydrogen-bond acceptors (Lipinski definition) is 4. The molecule has 2 aliphatic rings. The van der Waals surface area contributed by atoms with Gasteiger partial charge in [-0.1, -0.05) is 0 Å². The Morgan fingerprint density at radius 1 is 1.33 bits per heavy atom. The van der Waals surface area contributed by atoms with Crippen molar-refractivity contribution in [3.05, 3.63) is 23.8 Å². The Labute approximate surface area is 120 Å². The molecule has 7 heteroatoms. The van der Waals surface area contributed by atoms with Gasteiger partial charge < -0.3 is 14.7 Å². The minimum absolute atomic E-state index is 0.0122. The molecule has 2 aliphatic heterocycles. The SMILES string of the molecule is CN1C(=O)CCc2cc(N3CC(C(=O)O)OC3=O)ccc21. The molecule has 1 atom stereocenters. The number of carbonyl (C=O) groups excluding carboxylic acids is 2. The number of fused-ring (bicyclic) bond motifs is 1. The maximum Gasteiger partial charge on any atom is 0.415 e. The molecular formula is C14H14N2O5. The van der Waals surface area contributed by atoms with Crippen molar-refractivity contribution in [2.75, 3.05) is 23.4 Å². The molecule has 0 bridgehead atoms. The van der Waals surface area contributed by atoms with E-state index in [2.05, 4.69) is 0 Å². The smallest absolute Gasteiger partial charge is 0.415 e. The van der Waals surface area contributed by atoms with Gasteiger partial charge in [0.1, 0.15) is 0 Å². The number of aryl methyl sites for hydroxylation is 1. The van der Waals surface area contributed by atoms with Gasteiger partial charge in [0.2, 0.25) is 12.0 Å². The lowest BCUT2D eigenvalue weighted by molar-refractivity contribution is -0.144. The topological polar surface area (TPSA) is 87.2 Å². The molecular weight excluding hydrogens is 276 g/mol. The third-order valence-electron chi connectivity index (χ3n) is 3.81. The number of nitrogens with zero attached hydrogens (tertiary/aromatic N) is 2. The van der Waals surface area contributed by atoms with E-state index in [-0.39, 0.29) is 12.5 Å². The fourth-order valence-corrected chi connectivity index (χ4v) is 2.61. The highest BCUT2D eigenvalue weighted by molar-refractivity contribution is 5.98. The number of benzene rings is 1. The first-order valence-electron chi connectivity index (χ1n) is 6.58. The minimum atomic E-state index is -1.16. The first-order valence-corrected chi connectivity index (χ1v) is 6.58. The standard InChI is InChI=1S/C14H14N2O5/c1-15-10-4-3-9(6-8(10)2-5-12(15)17)16-7-11(13(18)19)21-14(16)20/h3-4,6,11H,2,5,7H2,1H3,(H,18,19). The van der Waals surface area contributed by atoms with Crippen molar-refractivity contribution in [3.8, 4) is 0 Å². The van der Waals surface area contributed by atoms with Crippen molar-refractivity contribution in [2.24, 2.45) is 0 Å². The number of carboxylic acids is 1. The number of rotatable bonds is 2. The number of hydrogen-bond donors (Lipinski definition) is 1. The van der Waals surface area contributed by atoms with Crippen LogP contribution in [0, 0.1) is 0 Å². The van der Waals surface area contributed by atoms with Crippen LogP contribution >= 0.6 is 0 Å². The Balaban J connectivity index is 1.90. The third-order valence-corrected chi connectivity index (χ3v) is 3.81. The summed E-state index contributed by atoms with van der Waals surface area (Å²) in [5, 5.41) is 8.90. The number of aliphatic carboxylic acids is 1. The van der Waals surface area contributed by atoms with E-state index in [1.165, 1.54) is 4.90 Å². The normalized spacial score (nSPS) is 21.3. The Bertz CT molecular complexity index is 642. The van der Waals surface area contributed by atoms with Gasteiger partial charge in [0.25, 0.3) is 0 Å². The van der Waals surface area contributed by atoms with E-state index >= 15 is 0 Å². The van der Waals surface area contributed by atoms with Crippen LogP contribution in [0.15, 0.2) is 18.2 Å². The molecule has 1 unspecified atom stereocenters. The molecule has 1 aromatic carbocycles. The molecule has 110 valence electrons. The van der Waals surface area contributed by atoms with E-state index in [1.54, 1.807) is 24.1 Å². The summed E-state index contributed by atoms with van der Waals surface area (Å²) in [6, 6.07) is 5.27. The highest BCUT2D eigenvalue weighted by Gasteiger charge is 2.37. The lowest BCUT2D eigenvalue weighted by Gasteiger charge is -2.27. The Kier molecular flexibility index (Phi) is 3.04. The molecule has 1 N–H and O–H groups in total. The van der Waals surface area contributed by atoms with Gasteiger partial charge >= 0.3 is 12.1 Å². The number of amides is 2. The van der Waals surface area contributed by atoms with Gasteiger partial charge in [-0.05, 0) is 30.2 Å². The zero-order chi connectivity index (χ0) is 15.1. The van der Waals surface area contributed by atoms with Crippen molar-refractivity contribution in [1.29, 1.82) is 0 Å². The molecule has 0 aromatic heterocycles. The maximum atomic E-state index is 11.7. The van der Waals surface area contributed by atoms with Crippen molar-refractivity contribution in [1.82, 2.24) is 0 Å². The zero-order valence-electron chi connectivity index (χ0n) is 11.4. The number of carboxylic acid groups (broad SMARTS) is 1. The van der Waals surface area contributed by atoms with E-state index in [1.807, 2.05) is 6.07 Å². The fraction of sp³-hybridized carbons (Fsp3) is 0.357. The van der Waals surface area contributed by atoms with Crippen LogP contribution in [0.3, 0.4) is 0 Å². The van der Waals surface area contributed by atoms with Gasteiger partial charge in [-0.15, -0.1) is 0 Å². The Morgan fingerprint density at radius 2 is 2.10 bits per heavy atom. The van der Waals surface area contributed by atoms with Crippen LogP contribution < -0.4 is 9.80 Å². The molecule has 1 aromatic rings. The van der Waals surface area contributed by atoms with Crippen molar-refractivity contribution in [2.45, 2.75) is 18.9 Å². The predicted octanol–water partition coefficient (Wildman–Crippen LogP) is 1.01. The number of cyclic esters (lactones) is 1. The first kappa shape index (κ1) is 13.4. The molecule has 0 saturated carbocycles. The summed E-state index contributed by atoms with van der Waals surface area (Å²) in [6.45, 7) is -0.0122. The van der Waals surface area contributed by atoms with Gasteiger partial charge in [-0.3, -0.25) is 9.69 Å². The highest BCUT2D eigenvalue weighted by atomic mass is 16.6. The summed E-state index contributed by atoms with van der Waals surface area (Å²) in [5.41, 5.74) is 2.36. The van der Waals surface area contributed by atoms with Crippen LogP contribution in [0.4, 0.5) is 16.2 Å². The second-order valence-electron chi connectivity index (χ2n) is 5.09. The molecule has 1 saturated heterocycles. The molecule has 1 fully saturated rings. The van der Waals surface area contributed by atoms with Crippen LogP contribution in [-0.4, -0.2) is 42.8 Å². The van der Waals surface area contributed by atoms with E-state index in [0.29, 0.717) is 18.5 Å².